The largest absolute Gasteiger partial charge is 0.394 e. The molecule has 2 aliphatic carbocycles. The lowest BCUT2D eigenvalue weighted by atomic mass is 9.97. The number of likely N-dealkylation sites (tertiary alicyclic amines) is 1. The Morgan fingerprint density at radius 1 is 1.05 bits per heavy atom. The molecule has 4 atom stereocenters. The van der Waals surface area contributed by atoms with Gasteiger partial charge >= 0.3 is 0 Å². The molecule has 2 saturated carbocycles. The molecule has 2 saturated heterocycles. The van der Waals surface area contributed by atoms with Crippen LogP contribution in [0, 0.1) is 0 Å². The van der Waals surface area contributed by atoms with E-state index in [0.717, 1.165) is 24.9 Å². The topological polar surface area (TPSA) is 38.7 Å². The summed E-state index contributed by atoms with van der Waals surface area (Å²) in [7, 11) is 2.33. The van der Waals surface area contributed by atoms with Gasteiger partial charge in [0.1, 0.15) is 0 Å². The fourth-order valence-corrected chi connectivity index (χ4v) is 5.06. The first-order valence-corrected chi connectivity index (χ1v) is 9.04. The van der Waals surface area contributed by atoms with Crippen LogP contribution in [0.25, 0.3) is 0 Å². The maximum Gasteiger partial charge on any atom is 0.0614 e. The SMILES string of the molecule is CN1C2CCC1CN(C1CCC(CO)(NC3CC3)C1)CC2. The van der Waals surface area contributed by atoms with Crippen molar-refractivity contribution in [3.63, 3.8) is 0 Å². The first-order chi connectivity index (χ1) is 10.2. The van der Waals surface area contributed by atoms with Crippen LogP contribution in [0.5, 0.6) is 0 Å². The Morgan fingerprint density at radius 3 is 2.62 bits per heavy atom. The number of hydrogen-bond donors (Lipinski definition) is 2. The summed E-state index contributed by atoms with van der Waals surface area (Å²) in [6.07, 6.45) is 10.3. The average molecular weight is 293 g/mol. The molecule has 4 heteroatoms. The molecule has 4 rings (SSSR count). The van der Waals surface area contributed by atoms with Gasteiger partial charge in [-0.25, -0.2) is 0 Å². The van der Waals surface area contributed by atoms with E-state index in [1.807, 2.05) is 0 Å². The lowest BCUT2D eigenvalue weighted by Crippen LogP contribution is -2.49. The average Bonchev–Trinajstić information content (AvgIpc) is 3.10. The normalized spacial score (nSPS) is 45.1. The second-order valence-corrected chi connectivity index (χ2v) is 8.09. The van der Waals surface area contributed by atoms with Crippen LogP contribution in [-0.2, 0) is 0 Å². The Balaban J connectivity index is 1.40. The van der Waals surface area contributed by atoms with Crippen LogP contribution in [0.3, 0.4) is 0 Å². The maximum absolute atomic E-state index is 9.92. The van der Waals surface area contributed by atoms with Crippen molar-refractivity contribution in [2.24, 2.45) is 0 Å². The van der Waals surface area contributed by atoms with Gasteiger partial charge in [-0.15, -0.1) is 0 Å². The molecule has 0 amide bonds. The molecular formula is C17H31N3O. The third-order valence-electron chi connectivity index (χ3n) is 6.67. The number of nitrogens with zero attached hydrogens (tertiary/aromatic N) is 2. The summed E-state index contributed by atoms with van der Waals surface area (Å²) >= 11 is 0. The molecule has 4 nitrogen and oxygen atoms in total. The first-order valence-electron chi connectivity index (χ1n) is 9.04. The summed E-state index contributed by atoms with van der Waals surface area (Å²) in [4.78, 5) is 5.39. The molecule has 4 fully saturated rings. The minimum Gasteiger partial charge on any atom is -0.394 e. The maximum atomic E-state index is 9.92. The number of rotatable bonds is 4. The molecule has 120 valence electrons. The highest BCUT2D eigenvalue weighted by Crippen LogP contribution is 2.38. The minimum atomic E-state index is 0.0308. The Bertz CT molecular complexity index is 386. The van der Waals surface area contributed by atoms with Crippen LogP contribution < -0.4 is 5.32 Å². The lowest BCUT2D eigenvalue weighted by Gasteiger charge is -2.33. The lowest BCUT2D eigenvalue weighted by molar-refractivity contribution is 0.134. The van der Waals surface area contributed by atoms with Gasteiger partial charge in [0.15, 0.2) is 0 Å². The Labute approximate surface area is 128 Å². The summed E-state index contributed by atoms with van der Waals surface area (Å²) in [5.41, 5.74) is 0.0308. The van der Waals surface area contributed by atoms with Crippen molar-refractivity contribution >= 4 is 0 Å². The van der Waals surface area contributed by atoms with Crippen LogP contribution in [0.4, 0.5) is 0 Å². The zero-order chi connectivity index (χ0) is 14.4. The zero-order valence-electron chi connectivity index (χ0n) is 13.4. The van der Waals surface area contributed by atoms with Crippen LogP contribution in [0.15, 0.2) is 0 Å². The van der Waals surface area contributed by atoms with Gasteiger partial charge in [0, 0.05) is 36.3 Å². The molecule has 4 unspecified atom stereocenters. The van der Waals surface area contributed by atoms with E-state index >= 15 is 0 Å². The minimum absolute atomic E-state index is 0.0308. The molecule has 0 aromatic rings. The third-order valence-corrected chi connectivity index (χ3v) is 6.67. The van der Waals surface area contributed by atoms with Crippen LogP contribution in [0.2, 0.25) is 0 Å². The fraction of sp³-hybridized carbons (Fsp3) is 1.00. The summed E-state index contributed by atoms with van der Waals surface area (Å²) < 4.78 is 0. The van der Waals surface area contributed by atoms with E-state index in [4.69, 9.17) is 0 Å². The third kappa shape index (κ3) is 2.76. The fourth-order valence-electron chi connectivity index (χ4n) is 5.06. The molecule has 0 spiro atoms. The van der Waals surface area contributed by atoms with E-state index in [1.165, 1.54) is 51.6 Å². The van der Waals surface area contributed by atoms with E-state index in [-0.39, 0.29) is 5.54 Å². The molecule has 0 aromatic carbocycles. The number of aliphatic hydroxyl groups excluding tert-OH is 1. The van der Waals surface area contributed by atoms with Gasteiger partial charge in [0.25, 0.3) is 0 Å². The molecule has 0 aromatic heterocycles. The molecule has 2 N–H and O–H groups in total. The van der Waals surface area contributed by atoms with Gasteiger partial charge in [-0.1, -0.05) is 0 Å². The highest BCUT2D eigenvalue weighted by atomic mass is 16.3. The smallest absolute Gasteiger partial charge is 0.0614 e. The van der Waals surface area contributed by atoms with Crippen LogP contribution in [0.1, 0.15) is 51.4 Å². The van der Waals surface area contributed by atoms with Crippen molar-refractivity contribution in [2.75, 3.05) is 26.7 Å². The van der Waals surface area contributed by atoms with Gasteiger partial charge in [-0.05, 0) is 65.0 Å². The molecule has 2 heterocycles. The van der Waals surface area contributed by atoms with E-state index in [2.05, 4.69) is 22.2 Å². The quantitative estimate of drug-likeness (QED) is 0.817. The van der Waals surface area contributed by atoms with E-state index in [9.17, 15) is 5.11 Å². The van der Waals surface area contributed by atoms with Crippen molar-refractivity contribution < 1.29 is 5.11 Å². The molecular weight excluding hydrogens is 262 g/mol. The van der Waals surface area contributed by atoms with Crippen molar-refractivity contribution in [1.82, 2.24) is 15.1 Å². The van der Waals surface area contributed by atoms with Gasteiger partial charge in [0.05, 0.1) is 6.61 Å². The van der Waals surface area contributed by atoms with Gasteiger partial charge < -0.3 is 10.4 Å². The molecule has 21 heavy (non-hydrogen) atoms. The van der Waals surface area contributed by atoms with Gasteiger partial charge in [0.2, 0.25) is 0 Å². The molecule has 2 bridgehead atoms. The Morgan fingerprint density at radius 2 is 1.86 bits per heavy atom. The van der Waals surface area contributed by atoms with Crippen molar-refractivity contribution in [2.45, 2.75) is 81.1 Å². The number of likely N-dealkylation sites (N-methyl/N-ethyl adjacent to an activating group) is 1. The standard InChI is InChI=1S/C17H31N3O/c1-19-14-4-5-16(19)11-20(9-7-14)15-6-8-17(10-15,12-21)18-13-2-3-13/h13-16,18,21H,2-12H2,1H3. The number of hydrogen-bond acceptors (Lipinski definition) is 4. The molecule has 2 aliphatic heterocycles. The van der Waals surface area contributed by atoms with E-state index in [0.29, 0.717) is 18.7 Å². The predicted molar refractivity (Wildman–Crippen MR) is 84.4 cm³/mol. The summed E-state index contributed by atoms with van der Waals surface area (Å²) in [5, 5.41) is 13.7. The highest BCUT2D eigenvalue weighted by molar-refractivity contribution is 5.04. The van der Waals surface area contributed by atoms with Gasteiger partial charge in [-0.2, -0.15) is 0 Å². The second kappa shape index (κ2) is 5.48. The summed E-state index contributed by atoms with van der Waals surface area (Å²) in [6, 6.07) is 2.99. The monoisotopic (exact) mass is 293 g/mol. The second-order valence-electron chi connectivity index (χ2n) is 8.09. The summed E-state index contributed by atoms with van der Waals surface area (Å²) in [5.74, 6) is 0. The first kappa shape index (κ1) is 14.4. The number of nitrogens with one attached hydrogen (secondary N) is 1. The van der Waals surface area contributed by atoms with Crippen molar-refractivity contribution in [3.8, 4) is 0 Å². The van der Waals surface area contributed by atoms with Crippen molar-refractivity contribution in [1.29, 1.82) is 0 Å². The Kier molecular flexibility index (Phi) is 3.77. The molecule has 4 aliphatic rings. The predicted octanol–water partition coefficient (Wildman–Crippen LogP) is 1.19. The number of aliphatic hydroxyl groups is 1. The zero-order valence-corrected chi connectivity index (χ0v) is 13.4. The molecule has 0 radical (unpaired) electrons. The van der Waals surface area contributed by atoms with E-state index < -0.39 is 0 Å². The van der Waals surface area contributed by atoms with Crippen molar-refractivity contribution in [3.05, 3.63) is 0 Å². The van der Waals surface area contributed by atoms with Crippen LogP contribution in [-0.4, -0.2) is 71.4 Å². The summed E-state index contributed by atoms with van der Waals surface area (Å²) in [6.45, 7) is 2.84. The van der Waals surface area contributed by atoms with Crippen LogP contribution >= 0.6 is 0 Å². The Hall–Kier alpha value is -0.160. The number of fused-ring (bicyclic) bond motifs is 2. The highest BCUT2D eigenvalue weighted by Gasteiger charge is 2.45. The van der Waals surface area contributed by atoms with E-state index in [1.54, 1.807) is 0 Å². The van der Waals surface area contributed by atoms with Gasteiger partial charge in [-0.3, -0.25) is 9.80 Å².